The minimum absolute atomic E-state index is 0.0422. The molecule has 7 heteroatoms. The highest BCUT2D eigenvalue weighted by atomic mass is 19.4. The molecule has 0 aromatic heterocycles. The normalized spacial score (nSPS) is 11.2. The number of esters is 1. The van der Waals surface area contributed by atoms with Crippen LogP contribution in [0.15, 0.2) is 78.9 Å². The monoisotopic (exact) mass is 455 g/mol. The summed E-state index contributed by atoms with van der Waals surface area (Å²) in [6.07, 6.45) is -4.68. The molecule has 3 aromatic carbocycles. The molecule has 0 radical (unpaired) electrons. The van der Waals surface area contributed by atoms with Gasteiger partial charge in [0, 0.05) is 18.7 Å². The van der Waals surface area contributed by atoms with Gasteiger partial charge in [0.15, 0.2) is 0 Å². The number of carbonyl (C=O) groups excluding carboxylic acids is 2. The van der Waals surface area contributed by atoms with E-state index in [-0.39, 0.29) is 31.7 Å². The molecule has 4 nitrogen and oxygen atoms in total. The lowest BCUT2D eigenvalue weighted by atomic mass is 9.98. The molecule has 0 heterocycles. The van der Waals surface area contributed by atoms with Crippen LogP contribution in [0, 0.1) is 0 Å². The van der Waals surface area contributed by atoms with E-state index in [0.717, 1.165) is 11.6 Å². The van der Waals surface area contributed by atoms with E-state index < -0.39 is 23.6 Å². The lowest BCUT2D eigenvalue weighted by Gasteiger charge is -2.25. The summed E-state index contributed by atoms with van der Waals surface area (Å²) in [5, 5.41) is 0. The van der Waals surface area contributed by atoms with Crippen LogP contribution in [0.3, 0.4) is 0 Å². The van der Waals surface area contributed by atoms with Crippen molar-refractivity contribution in [2.45, 2.75) is 26.1 Å². The van der Waals surface area contributed by atoms with Crippen LogP contribution in [0.4, 0.5) is 13.2 Å². The van der Waals surface area contributed by atoms with Crippen molar-refractivity contribution in [2.24, 2.45) is 0 Å². The Morgan fingerprint density at radius 2 is 1.52 bits per heavy atom. The van der Waals surface area contributed by atoms with E-state index in [1.807, 2.05) is 30.3 Å². The number of carbonyl (C=O) groups is 2. The summed E-state index contributed by atoms with van der Waals surface area (Å²) >= 11 is 0. The second-order valence-electron chi connectivity index (χ2n) is 7.35. The molecule has 0 atom stereocenters. The molecule has 0 spiro atoms. The Hall–Kier alpha value is -3.61. The van der Waals surface area contributed by atoms with Gasteiger partial charge < -0.3 is 9.64 Å². The number of amides is 1. The van der Waals surface area contributed by atoms with Crippen molar-refractivity contribution in [1.29, 1.82) is 0 Å². The Labute approximate surface area is 190 Å². The number of benzene rings is 3. The smallest absolute Gasteiger partial charge is 0.416 e. The second-order valence-corrected chi connectivity index (χ2v) is 7.35. The zero-order valence-corrected chi connectivity index (χ0v) is 18.1. The quantitative estimate of drug-likeness (QED) is 0.393. The van der Waals surface area contributed by atoms with Crippen LogP contribution < -0.4 is 0 Å². The van der Waals surface area contributed by atoms with Crippen LogP contribution in [0.1, 0.15) is 34.8 Å². The Bertz CT molecular complexity index is 1100. The highest BCUT2D eigenvalue weighted by molar-refractivity contribution is 6.01. The first-order chi connectivity index (χ1) is 15.8. The SMILES string of the molecule is CCOC(=O)CCN(Cc1ccccc1C(F)(F)F)C(=O)c1ccccc1-c1ccccc1. The molecular weight excluding hydrogens is 431 g/mol. The zero-order chi connectivity index (χ0) is 23.8. The summed E-state index contributed by atoms with van der Waals surface area (Å²) in [6, 6.07) is 21.3. The molecular formula is C26H24F3NO3. The van der Waals surface area contributed by atoms with Crippen LogP contribution in [-0.4, -0.2) is 29.9 Å². The van der Waals surface area contributed by atoms with Gasteiger partial charge in [-0.1, -0.05) is 66.7 Å². The van der Waals surface area contributed by atoms with Crippen molar-refractivity contribution in [2.75, 3.05) is 13.2 Å². The third-order valence-electron chi connectivity index (χ3n) is 5.10. The molecule has 33 heavy (non-hydrogen) atoms. The van der Waals surface area contributed by atoms with E-state index in [1.54, 1.807) is 31.2 Å². The molecule has 0 unspecified atom stereocenters. The Kier molecular flexibility index (Phi) is 7.87. The number of alkyl halides is 3. The molecule has 0 aliphatic rings. The van der Waals surface area contributed by atoms with Gasteiger partial charge in [-0.25, -0.2) is 0 Å². The fourth-order valence-electron chi connectivity index (χ4n) is 3.56. The first kappa shape index (κ1) is 24.0. The van der Waals surface area contributed by atoms with Crippen LogP contribution in [0.5, 0.6) is 0 Å². The molecule has 0 bridgehead atoms. The Morgan fingerprint density at radius 1 is 0.879 bits per heavy atom. The Morgan fingerprint density at radius 3 is 2.21 bits per heavy atom. The molecule has 172 valence electrons. The van der Waals surface area contributed by atoms with Crippen molar-refractivity contribution in [3.63, 3.8) is 0 Å². The van der Waals surface area contributed by atoms with Crippen LogP contribution in [-0.2, 0) is 22.3 Å². The summed E-state index contributed by atoms with van der Waals surface area (Å²) in [4.78, 5) is 26.8. The highest BCUT2D eigenvalue weighted by Gasteiger charge is 2.34. The highest BCUT2D eigenvalue weighted by Crippen LogP contribution is 2.33. The first-order valence-corrected chi connectivity index (χ1v) is 10.6. The molecule has 0 aliphatic carbocycles. The van der Waals surface area contributed by atoms with Crippen LogP contribution in [0.25, 0.3) is 11.1 Å². The molecule has 1 amide bonds. The van der Waals surface area contributed by atoms with Crippen LogP contribution in [0.2, 0.25) is 0 Å². The van der Waals surface area contributed by atoms with Gasteiger partial charge >= 0.3 is 12.1 Å². The minimum atomic E-state index is -4.56. The maximum Gasteiger partial charge on any atom is 0.416 e. The summed E-state index contributed by atoms with van der Waals surface area (Å²) in [5.41, 5.74) is 0.961. The average Bonchev–Trinajstić information content (AvgIpc) is 2.81. The first-order valence-electron chi connectivity index (χ1n) is 10.6. The van der Waals surface area contributed by atoms with Gasteiger partial charge in [0.2, 0.25) is 0 Å². The van der Waals surface area contributed by atoms with Crippen molar-refractivity contribution < 1.29 is 27.5 Å². The molecule has 0 saturated carbocycles. The van der Waals surface area contributed by atoms with Crippen molar-refractivity contribution in [1.82, 2.24) is 4.90 Å². The minimum Gasteiger partial charge on any atom is -0.466 e. The number of hydrogen-bond donors (Lipinski definition) is 0. The van der Waals surface area contributed by atoms with E-state index in [2.05, 4.69) is 0 Å². The van der Waals surface area contributed by atoms with Gasteiger partial charge in [-0.15, -0.1) is 0 Å². The third kappa shape index (κ3) is 6.22. The van der Waals surface area contributed by atoms with E-state index in [0.29, 0.717) is 11.1 Å². The van der Waals surface area contributed by atoms with Crippen molar-refractivity contribution in [3.05, 3.63) is 95.6 Å². The lowest BCUT2D eigenvalue weighted by Crippen LogP contribution is -2.34. The standard InChI is InChI=1S/C26H24F3NO3/c1-2-33-24(31)16-17-30(18-20-12-6-9-15-23(20)26(27,28)29)25(32)22-14-8-7-13-21(22)19-10-4-3-5-11-19/h3-15H,2,16-18H2,1H3. The summed E-state index contributed by atoms with van der Waals surface area (Å²) < 4.78 is 45.6. The van der Waals surface area contributed by atoms with Gasteiger partial charge in [0.1, 0.15) is 0 Å². The van der Waals surface area contributed by atoms with Crippen LogP contribution >= 0.6 is 0 Å². The van der Waals surface area contributed by atoms with Crippen molar-refractivity contribution >= 4 is 11.9 Å². The summed E-state index contributed by atoms with van der Waals surface area (Å²) in [6.45, 7) is 1.47. The van der Waals surface area contributed by atoms with Crippen molar-refractivity contribution in [3.8, 4) is 11.1 Å². The fraction of sp³-hybridized carbons (Fsp3) is 0.231. The molecule has 0 aliphatic heterocycles. The predicted octanol–water partition coefficient (Wildman–Crippen LogP) is 5.97. The average molecular weight is 455 g/mol. The van der Waals surface area contributed by atoms with E-state index >= 15 is 0 Å². The van der Waals surface area contributed by atoms with Gasteiger partial charge in [0.25, 0.3) is 5.91 Å². The maximum absolute atomic E-state index is 13.6. The topological polar surface area (TPSA) is 46.6 Å². The number of ether oxygens (including phenoxy) is 1. The van der Waals surface area contributed by atoms with E-state index in [1.165, 1.54) is 23.1 Å². The molecule has 3 rings (SSSR count). The summed E-state index contributed by atoms with van der Waals surface area (Å²) in [7, 11) is 0. The number of halogens is 3. The van der Waals surface area contributed by atoms with E-state index in [9.17, 15) is 22.8 Å². The molecule has 3 aromatic rings. The number of nitrogens with zero attached hydrogens (tertiary/aromatic N) is 1. The summed E-state index contributed by atoms with van der Waals surface area (Å²) in [5.74, 6) is -0.980. The second kappa shape index (κ2) is 10.8. The molecule has 0 saturated heterocycles. The lowest BCUT2D eigenvalue weighted by molar-refractivity contribution is -0.143. The molecule has 0 N–H and O–H groups in total. The number of hydrogen-bond acceptors (Lipinski definition) is 3. The predicted molar refractivity (Wildman–Crippen MR) is 119 cm³/mol. The molecule has 0 fully saturated rings. The Balaban J connectivity index is 1.98. The van der Waals surface area contributed by atoms with E-state index in [4.69, 9.17) is 4.74 Å². The largest absolute Gasteiger partial charge is 0.466 e. The van der Waals surface area contributed by atoms with Gasteiger partial charge in [-0.3, -0.25) is 9.59 Å². The zero-order valence-electron chi connectivity index (χ0n) is 18.1. The number of rotatable bonds is 8. The van der Waals surface area contributed by atoms with Gasteiger partial charge in [-0.05, 0) is 35.7 Å². The third-order valence-corrected chi connectivity index (χ3v) is 5.10. The van der Waals surface area contributed by atoms with Gasteiger partial charge in [-0.2, -0.15) is 13.2 Å². The fourth-order valence-corrected chi connectivity index (χ4v) is 3.56. The van der Waals surface area contributed by atoms with Gasteiger partial charge in [0.05, 0.1) is 18.6 Å². The maximum atomic E-state index is 13.6.